The number of unbranched alkanes of at least 4 members (excludes halogenated alkanes) is 14. The molecule has 0 saturated heterocycles. The Morgan fingerprint density at radius 1 is 0.352 bits per heavy atom. The molecule has 0 spiro atoms. The molecule has 0 fully saturated rings. The van der Waals surface area contributed by atoms with E-state index in [1.54, 1.807) is 38.1 Å². The molecule has 0 aliphatic carbocycles. The zero-order valence-electron chi connectivity index (χ0n) is 47.4. The molecule has 1 heterocycles. The summed E-state index contributed by atoms with van der Waals surface area (Å²) < 4.78 is 1.73. The van der Waals surface area contributed by atoms with Gasteiger partial charge in [0.25, 0.3) is 0 Å². The maximum Gasteiger partial charge on any atom is 2.00 e. The number of aryl methyl sites for hydroxylation is 6. The van der Waals surface area contributed by atoms with Gasteiger partial charge in [0.1, 0.15) is 0 Å². The van der Waals surface area contributed by atoms with E-state index in [1.807, 2.05) is 48.5 Å². The van der Waals surface area contributed by atoms with Gasteiger partial charge in [-0.2, -0.15) is 71.8 Å². The van der Waals surface area contributed by atoms with Crippen molar-refractivity contribution in [2.24, 2.45) is 0 Å². The van der Waals surface area contributed by atoms with Crippen LogP contribution in [0, 0.1) is 26.0 Å². The van der Waals surface area contributed by atoms with Gasteiger partial charge >= 0.3 is 16.5 Å². The Kier molecular flexibility index (Phi) is 34.9. The summed E-state index contributed by atoms with van der Waals surface area (Å²) in [7, 11) is 0. The van der Waals surface area contributed by atoms with E-state index >= 15 is 0 Å². The molecule has 0 saturated carbocycles. The summed E-state index contributed by atoms with van der Waals surface area (Å²) in [5.41, 5.74) is 32.6. The van der Waals surface area contributed by atoms with Crippen molar-refractivity contribution in [1.29, 1.82) is 0 Å². The third-order valence-electron chi connectivity index (χ3n) is 14.4. The normalized spacial score (nSPS) is 12.2. The minimum atomic E-state index is 0. The van der Waals surface area contributed by atoms with Crippen LogP contribution < -0.4 is 0 Å². The molecule has 394 valence electrons. The molecule has 0 bridgehead atoms. The smallest absolute Gasteiger partial charge is 0.493 e. The second-order valence-electron chi connectivity index (χ2n) is 20.6. The number of nitrogens with zero attached hydrogens (tertiary/aromatic N) is 2. The van der Waals surface area contributed by atoms with Gasteiger partial charge in [-0.3, -0.25) is 0 Å². The van der Waals surface area contributed by atoms with Crippen molar-refractivity contribution in [1.82, 2.24) is 0 Å². The van der Waals surface area contributed by atoms with Gasteiger partial charge in [-0.25, -0.2) is 4.70 Å². The number of allylic oxidation sites excluding steroid dienone is 2. The second kappa shape index (κ2) is 39.0. The van der Waals surface area contributed by atoms with Crippen molar-refractivity contribution < 1.29 is 21.2 Å². The average molecular weight is 1010 g/mol. The third-order valence-corrected chi connectivity index (χ3v) is 14.4. The molecule has 3 heteroatoms. The molecular formula is C68H102N2Ni. The average Bonchev–Trinajstić information content (AvgIpc) is 3.64. The quantitative estimate of drug-likeness (QED) is 0.0202. The predicted octanol–water partition coefficient (Wildman–Crippen LogP) is 21.2. The molecule has 0 aromatic heterocycles. The summed E-state index contributed by atoms with van der Waals surface area (Å²) in [5, 5.41) is 0. The van der Waals surface area contributed by atoms with Gasteiger partial charge in [-0.05, 0) is 160 Å². The van der Waals surface area contributed by atoms with E-state index in [0.717, 1.165) is 75.6 Å². The molecule has 0 N–H and O–H groups in total. The van der Waals surface area contributed by atoms with E-state index in [2.05, 4.69) is 106 Å². The number of hydrogen-bond acceptors (Lipinski definition) is 0. The molecule has 71 heavy (non-hydrogen) atoms. The zero-order valence-corrected chi connectivity index (χ0v) is 48.3. The summed E-state index contributed by atoms with van der Waals surface area (Å²) in [6, 6.07) is 31.8. The van der Waals surface area contributed by atoms with Crippen LogP contribution in [0.5, 0.6) is 0 Å². The maximum atomic E-state index is 12.9. The van der Waals surface area contributed by atoms with Crippen LogP contribution in [0.3, 0.4) is 0 Å². The van der Waals surface area contributed by atoms with Crippen LogP contribution in [-0.2, 0) is 55.0 Å². The van der Waals surface area contributed by atoms with Crippen LogP contribution in [0.15, 0.2) is 83.9 Å². The summed E-state index contributed by atoms with van der Waals surface area (Å²) in [6.07, 6.45) is 36.4. The van der Waals surface area contributed by atoms with Crippen LogP contribution in [0.2, 0.25) is 0 Å². The van der Waals surface area contributed by atoms with Crippen molar-refractivity contribution in [3.63, 3.8) is 0 Å². The van der Waals surface area contributed by atoms with Gasteiger partial charge in [-0.15, -0.1) is 0 Å². The van der Waals surface area contributed by atoms with Gasteiger partial charge in [0, 0.05) is 22.3 Å². The fourth-order valence-corrected chi connectivity index (χ4v) is 10.2. The van der Waals surface area contributed by atoms with Crippen LogP contribution in [0.25, 0.3) is 16.9 Å². The summed E-state index contributed by atoms with van der Waals surface area (Å²) in [4.78, 5) is 0. The number of benzene rings is 4. The molecule has 0 unspecified atom stereocenters. The molecule has 4 aromatic rings. The number of hydrogen-bond donors (Lipinski definition) is 0. The van der Waals surface area contributed by atoms with Gasteiger partial charge in [0.05, 0.1) is 0 Å². The van der Waals surface area contributed by atoms with E-state index in [4.69, 9.17) is 0 Å². The SMILES string of the molecule is CCCCCc1cc(C2=C(CCCC)C(CCCC)=C(c3cc(CCCCC)c(CCCCC)c(CCCCC)c3)[N+]2=[N-])cc(CCCCC)c1CCCCC.Cc1cc[c-]cc1.Cc1cc[c-]cc1.[Ni+2]. The first-order valence-corrected chi connectivity index (χ1v) is 29.3. The van der Waals surface area contributed by atoms with Gasteiger partial charge < -0.3 is 5.53 Å². The van der Waals surface area contributed by atoms with E-state index in [-0.39, 0.29) is 16.5 Å². The van der Waals surface area contributed by atoms with E-state index in [0.29, 0.717) is 0 Å². The van der Waals surface area contributed by atoms with Gasteiger partial charge in [-0.1, -0.05) is 159 Å². The van der Waals surface area contributed by atoms with Crippen molar-refractivity contribution >= 4 is 11.4 Å². The van der Waals surface area contributed by atoms with Gasteiger partial charge in [0.15, 0.2) is 0 Å². The van der Waals surface area contributed by atoms with Crippen LogP contribution >= 0.6 is 0 Å². The fourth-order valence-electron chi connectivity index (χ4n) is 10.2. The Morgan fingerprint density at radius 3 is 0.831 bits per heavy atom. The first-order chi connectivity index (χ1) is 34.2. The molecule has 1 aliphatic rings. The molecule has 0 radical (unpaired) electrons. The molecule has 2 nitrogen and oxygen atoms in total. The van der Waals surface area contributed by atoms with Crippen LogP contribution in [-0.4, -0.2) is 4.70 Å². The zero-order chi connectivity index (χ0) is 50.8. The van der Waals surface area contributed by atoms with Crippen molar-refractivity contribution in [2.75, 3.05) is 0 Å². The minimum absolute atomic E-state index is 0. The maximum absolute atomic E-state index is 12.9. The van der Waals surface area contributed by atoms with E-state index in [1.165, 1.54) is 162 Å². The summed E-state index contributed by atoms with van der Waals surface area (Å²) >= 11 is 0. The van der Waals surface area contributed by atoms with Crippen molar-refractivity contribution in [3.05, 3.63) is 157 Å². The second-order valence-corrected chi connectivity index (χ2v) is 20.6. The number of rotatable bonds is 32. The summed E-state index contributed by atoms with van der Waals surface area (Å²) in [5.74, 6) is 0. The van der Waals surface area contributed by atoms with Crippen LogP contribution in [0.4, 0.5) is 0 Å². The first-order valence-electron chi connectivity index (χ1n) is 29.3. The molecule has 0 atom stereocenters. The Bertz CT molecular complexity index is 1880. The van der Waals surface area contributed by atoms with Gasteiger partial charge in [0.2, 0.25) is 11.4 Å². The standard InChI is InChI=1S/C54H88N2.2C7H7.Ni/c1-9-17-25-31-43-39-47(40-44(32-26-18-10-2)49(43)37-29-21-13-5)53-51(35-23-15-7)52(36-24-16-8)54(56(53)55)48-41-45(33-27-19-11-3)50(38-30-22-14-6)46(42-48)34-28-20-12-4;2*1-7-5-3-2-4-6-7;/h39-42H,9-38H2,1-8H3;2*3-6H,1H3;/q;2*-1;+2. The monoisotopic (exact) mass is 1000 g/mol. The minimum Gasteiger partial charge on any atom is -0.493 e. The Balaban J connectivity index is 0.000000980. The summed E-state index contributed by atoms with van der Waals surface area (Å²) in [6.45, 7) is 22.8. The largest absolute Gasteiger partial charge is 2.00 e. The third kappa shape index (κ3) is 22.6. The van der Waals surface area contributed by atoms with Crippen LogP contribution in [0.1, 0.15) is 265 Å². The first kappa shape index (κ1) is 63.6. The Hall–Kier alpha value is -3.55. The Morgan fingerprint density at radius 2 is 0.606 bits per heavy atom. The molecule has 0 amide bonds. The topological polar surface area (TPSA) is 25.3 Å². The molecule has 1 aliphatic heterocycles. The van der Waals surface area contributed by atoms with Crippen molar-refractivity contribution in [2.45, 2.75) is 262 Å². The van der Waals surface area contributed by atoms with E-state index < -0.39 is 0 Å². The predicted molar refractivity (Wildman–Crippen MR) is 309 cm³/mol. The molecular weight excluding hydrogens is 903 g/mol. The Labute approximate surface area is 449 Å². The van der Waals surface area contributed by atoms with Crippen molar-refractivity contribution in [3.8, 4) is 0 Å². The fraction of sp³-hybridized carbons (Fsp3) is 0.588. The molecule has 4 aromatic carbocycles. The van der Waals surface area contributed by atoms with E-state index in [9.17, 15) is 5.53 Å². The molecule has 5 rings (SSSR count).